The number of hydrogen-bond donors (Lipinski definition) is 1. The van der Waals surface area contributed by atoms with Crippen molar-refractivity contribution >= 4 is 44.7 Å². The number of fused-ring (bicyclic) bond motifs is 1. The van der Waals surface area contributed by atoms with Crippen molar-refractivity contribution in [2.45, 2.75) is 19.9 Å². The summed E-state index contributed by atoms with van der Waals surface area (Å²) in [6.45, 7) is 3.54. The number of methoxy groups -OCH3 is 2. The number of carbonyl (C=O) groups excluding carboxylic acids is 1. The van der Waals surface area contributed by atoms with Crippen molar-refractivity contribution in [3.63, 3.8) is 0 Å². The lowest BCUT2D eigenvalue weighted by Crippen LogP contribution is -2.31. The standard InChI is InChI=1S/C24H22ClN3O4S/c1-13-5-7-16(10-18(13)25)27-22(29)14(2)28-12-26-23-21(24(28)30)17(11-33-23)15-6-8-19(31-3)20(9-15)32-4/h5-12,14H,1-4H3,(H,27,29). The van der Waals surface area contributed by atoms with Gasteiger partial charge in [-0.1, -0.05) is 23.7 Å². The summed E-state index contributed by atoms with van der Waals surface area (Å²) in [6.07, 6.45) is 1.41. The van der Waals surface area contributed by atoms with Crippen LogP contribution in [-0.2, 0) is 4.79 Å². The smallest absolute Gasteiger partial charge is 0.263 e. The minimum atomic E-state index is -0.785. The predicted molar refractivity (Wildman–Crippen MR) is 132 cm³/mol. The molecule has 1 atom stereocenters. The SMILES string of the molecule is COc1ccc(-c2csc3ncn(C(C)C(=O)Nc4ccc(C)c(Cl)c4)c(=O)c23)cc1OC. The number of hydrogen-bond acceptors (Lipinski definition) is 6. The molecule has 33 heavy (non-hydrogen) atoms. The molecule has 0 radical (unpaired) electrons. The molecule has 4 aromatic rings. The number of rotatable bonds is 6. The Morgan fingerprint density at radius 3 is 2.61 bits per heavy atom. The second-order valence-electron chi connectivity index (χ2n) is 7.49. The average molecular weight is 484 g/mol. The number of thiophene rings is 1. The summed E-state index contributed by atoms with van der Waals surface area (Å²) in [7, 11) is 3.13. The van der Waals surface area contributed by atoms with Crippen LogP contribution in [0.5, 0.6) is 11.5 Å². The van der Waals surface area contributed by atoms with E-state index < -0.39 is 6.04 Å². The van der Waals surface area contributed by atoms with Gasteiger partial charge in [0, 0.05) is 21.7 Å². The lowest BCUT2D eigenvalue weighted by atomic mass is 10.1. The van der Waals surface area contributed by atoms with E-state index in [-0.39, 0.29) is 11.5 Å². The Bertz CT molecular complexity index is 1410. The summed E-state index contributed by atoms with van der Waals surface area (Å²) in [4.78, 5) is 31.3. The molecule has 0 fully saturated rings. The Hall–Kier alpha value is -3.36. The Labute approximate surface area is 199 Å². The Kier molecular flexibility index (Phi) is 6.40. The first kappa shape index (κ1) is 22.8. The van der Waals surface area contributed by atoms with Crippen molar-refractivity contribution < 1.29 is 14.3 Å². The monoisotopic (exact) mass is 483 g/mol. The second kappa shape index (κ2) is 9.25. The minimum absolute atomic E-state index is 0.296. The molecule has 0 spiro atoms. The first-order valence-electron chi connectivity index (χ1n) is 10.1. The summed E-state index contributed by atoms with van der Waals surface area (Å²) < 4.78 is 12.0. The number of amides is 1. The van der Waals surface area contributed by atoms with Gasteiger partial charge in [0.1, 0.15) is 10.9 Å². The first-order valence-corrected chi connectivity index (χ1v) is 11.4. The van der Waals surface area contributed by atoms with Crippen LogP contribution in [0.3, 0.4) is 0 Å². The van der Waals surface area contributed by atoms with E-state index in [9.17, 15) is 9.59 Å². The van der Waals surface area contributed by atoms with E-state index in [4.69, 9.17) is 21.1 Å². The third-order valence-corrected chi connectivity index (χ3v) is 6.74. The molecule has 0 aliphatic rings. The van der Waals surface area contributed by atoms with Gasteiger partial charge in [0.25, 0.3) is 5.56 Å². The van der Waals surface area contributed by atoms with E-state index in [2.05, 4.69) is 10.3 Å². The fraction of sp³-hybridized carbons (Fsp3) is 0.208. The van der Waals surface area contributed by atoms with Crippen molar-refractivity contribution in [3.05, 3.63) is 69.0 Å². The zero-order valence-electron chi connectivity index (χ0n) is 18.5. The molecule has 2 aromatic heterocycles. The first-order chi connectivity index (χ1) is 15.8. The van der Waals surface area contributed by atoms with E-state index in [1.165, 1.54) is 22.2 Å². The zero-order chi connectivity index (χ0) is 23.7. The Balaban J connectivity index is 1.71. The quantitative estimate of drug-likeness (QED) is 0.402. The fourth-order valence-corrected chi connectivity index (χ4v) is 4.57. The maximum absolute atomic E-state index is 13.4. The predicted octanol–water partition coefficient (Wildman–Crippen LogP) is 5.30. The second-order valence-corrected chi connectivity index (χ2v) is 8.75. The van der Waals surface area contributed by atoms with Crippen molar-refractivity contribution in [2.24, 2.45) is 0 Å². The van der Waals surface area contributed by atoms with E-state index in [1.54, 1.807) is 39.3 Å². The Morgan fingerprint density at radius 1 is 1.15 bits per heavy atom. The molecule has 7 nitrogen and oxygen atoms in total. The summed E-state index contributed by atoms with van der Waals surface area (Å²) >= 11 is 7.53. The van der Waals surface area contributed by atoms with Gasteiger partial charge < -0.3 is 14.8 Å². The van der Waals surface area contributed by atoms with Crippen LogP contribution in [-0.4, -0.2) is 29.7 Å². The van der Waals surface area contributed by atoms with Gasteiger partial charge in [-0.15, -0.1) is 11.3 Å². The van der Waals surface area contributed by atoms with E-state index in [0.29, 0.717) is 32.4 Å². The van der Waals surface area contributed by atoms with Crippen molar-refractivity contribution in [1.29, 1.82) is 0 Å². The lowest BCUT2D eigenvalue weighted by Gasteiger charge is -2.15. The van der Waals surface area contributed by atoms with E-state index in [1.807, 2.05) is 30.5 Å². The number of benzene rings is 2. The molecule has 0 bridgehead atoms. The van der Waals surface area contributed by atoms with Gasteiger partial charge in [0.05, 0.1) is 25.9 Å². The Morgan fingerprint density at radius 2 is 1.91 bits per heavy atom. The van der Waals surface area contributed by atoms with Gasteiger partial charge in [-0.3, -0.25) is 14.2 Å². The van der Waals surface area contributed by atoms with Crippen LogP contribution in [0.15, 0.2) is 52.9 Å². The van der Waals surface area contributed by atoms with Crippen LogP contribution in [0.4, 0.5) is 5.69 Å². The van der Waals surface area contributed by atoms with Gasteiger partial charge in [0.2, 0.25) is 5.91 Å². The van der Waals surface area contributed by atoms with E-state index in [0.717, 1.165) is 16.7 Å². The van der Waals surface area contributed by atoms with Crippen LogP contribution in [0.2, 0.25) is 5.02 Å². The summed E-state index contributed by atoms with van der Waals surface area (Å²) in [5.74, 6) is 0.807. The van der Waals surface area contributed by atoms with Crippen molar-refractivity contribution in [3.8, 4) is 22.6 Å². The molecule has 1 N–H and O–H groups in total. The highest BCUT2D eigenvalue weighted by Crippen LogP contribution is 2.36. The van der Waals surface area contributed by atoms with Crippen molar-refractivity contribution in [2.75, 3.05) is 19.5 Å². The number of halogens is 1. The van der Waals surface area contributed by atoms with Gasteiger partial charge in [-0.25, -0.2) is 4.98 Å². The highest BCUT2D eigenvalue weighted by atomic mass is 35.5. The van der Waals surface area contributed by atoms with Crippen LogP contribution in [0.25, 0.3) is 21.3 Å². The topological polar surface area (TPSA) is 82.5 Å². The molecular weight excluding hydrogens is 462 g/mol. The molecule has 2 aromatic carbocycles. The summed E-state index contributed by atoms with van der Waals surface area (Å²) in [5.41, 5.74) is 2.69. The molecule has 0 saturated carbocycles. The number of nitrogens with one attached hydrogen (secondary N) is 1. The maximum atomic E-state index is 13.4. The van der Waals surface area contributed by atoms with Gasteiger partial charge in [-0.2, -0.15) is 0 Å². The summed E-state index contributed by atoms with van der Waals surface area (Å²) in [5, 5.41) is 5.70. The van der Waals surface area contributed by atoms with Crippen molar-refractivity contribution in [1.82, 2.24) is 9.55 Å². The lowest BCUT2D eigenvalue weighted by molar-refractivity contribution is -0.118. The van der Waals surface area contributed by atoms with Crippen LogP contribution in [0, 0.1) is 6.92 Å². The molecule has 1 unspecified atom stereocenters. The molecule has 9 heteroatoms. The molecule has 170 valence electrons. The normalized spacial score (nSPS) is 11.9. The number of carbonyl (C=O) groups is 1. The zero-order valence-corrected chi connectivity index (χ0v) is 20.1. The van der Waals surface area contributed by atoms with E-state index >= 15 is 0 Å². The third-order valence-electron chi connectivity index (χ3n) is 5.45. The van der Waals surface area contributed by atoms with Gasteiger partial charge in [-0.05, 0) is 49.2 Å². The summed E-state index contributed by atoms with van der Waals surface area (Å²) in [6, 6.07) is 9.95. The number of aryl methyl sites for hydroxylation is 1. The minimum Gasteiger partial charge on any atom is -0.493 e. The molecule has 0 saturated heterocycles. The molecule has 0 aliphatic carbocycles. The molecule has 4 rings (SSSR count). The average Bonchev–Trinajstić information content (AvgIpc) is 3.26. The van der Waals surface area contributed by atoms with Crippen LogP contribution < -0.4 is 20.3 Å². The van der Waals surface area contributed by atoms with Crippen LogP contribution in [0.1, 0.15) is 18.5 Å². The number of nitrogens with zero attached hydrogens (tertiary/aromatic N) is 2. The number of ether oxygens (including phenoxy) is 2. The van der Waals surface area contributed by atoms with Gasteiger partial charge >= 0.3 is 0 Å². The van der Waals surface area contributed by atoms with Gasteiger partial charge in [0.15, 0.2) is 11.5 Å². The fourth-order valence-electron chi connectivity index (χ4n) is 3.48. The molecular formula is C24H22ClN3O4S. The maximum Gasteiger partial charge on any atom is 0.263 e. The third kappa shape index (κ3) is 4.31. The molecule has 0 aliphatic heterocycles. The largest absolute Gasteiger partial charge is 0.493 e. The highest BCUT2D eigenvalue weighted by molar-refractivity contribution is 7.17. The number of aromatic nitrogens is 2. The molecule has 1 amide bonds. The molecule has 2 heterocycles. The number of anilines is 1. The van der Waals surface area contributed by atoms with Crippen LogP contribution >= 0.6 is 22.9 Å². The highest BCUT2D eigenvalue weighted by Gasteiger charge is 2.21.